The van der Waals surface area contributed by atoms with E-state index >= 15 is 0 Å². The number of piperazine rings is 1. The largest absolute Gasteiger partial charge is 0.339 e. The Kier molecular flexibility index (Phi) is 6.23. The van der Waals surface area contributed by atoms with Crippen LogP contribution < -0.4 is 4.90 Å². The second-order valence-electron chi connectivity index (χ2n) is 8.22. The van der Waals surface area contributed by atoms with Gasteiger partial charge in [0.2, 0.25) is 11.9 Å². The first-order valence-electron chi connectivity index (χ1n) is 11.4. The summed E-state index contributed by atoms with van der Waals surface area (Å²) < 4.78 is 2.17. The maximum atomic E-state index is 12.8. The molecule has 0 aliphatic carbocycles. The third-order valence-corrected chi connectivity index (χ3v) is 6.02. The van der Waals surface area contributed by atoms with Gasteiger partial charge in [0, 0.05) is 57.6 Å². The van der Waals surface area contributed by atoms with Gasteiger partial charge in [-0.25, -0.2) is 19.9 Å². The van der Waals surface area contributed by atoms with Crippen LogP contribution in [0.5, 0.6) is 0 Å². The number of amides is 1. The summed E-state index contributed by atoms with van der Waals surface area (Å²) in [7, 11) is 0. The van der Waals surface area contributed by atoms with Crippen molar-refractivity contribution in [2.75, 3.05) is 31.1 Å². The van der Waals surface area contributed by atoms with Crippen LogP contribution in [0.2, 0.25) is 0 Å². The van der Waals surface area contributed by atoms with Crippen molar-refractivity contribution < 1.29 is 4.79 Å². The molecular formula is C25H27N7O. The number of benzene rings is 1. The normalized spacial score (nSPS) is 14.1. The summed E-state index contributed by atoms with van der Waals surface area (Å²) in [5.74, 6) is 1.91. The molecule has 8 heteroatoms. The Hall–Kier alpha value is -3.81. The molecule has 1 saturated heterocycles. The molecule has 1 aliphatic heterocycles. The van der Waals surface area contributed by atoms with Crippen LogP contribution in [0.4, 0.5) is 5.95 Å². The van der Waals surface area contributed by atoms with Crippen LogP contribution in [0.25, 0.3) is 11.2 Å². The van der Waals surface area contributed by atoms with Crippen molar-refractivity contribution in [3.63, 3.8) is 0 Å². The van der Waals surface area contributed by atoms with Gasteiger partial charge in [-0.05, 0) is 30.2 Å². The molecule has 0 atom stereocenters. The lowest BCUT2D eigenvalue weighted by atomic mass is 10.2. The van der Waals surface area contributed by atoms with E-state index in [-0.39, 0.29) is 5.91 Å². The van der Waals surface area contributed by atoms with Gasteiger partial charge in [-0.3, -0.25) is 4.79 Å². The lowest BCUT2D eigenvalue weighted by Crippen LogP contribution is -2.49. The van der Waals surface area contributed by atoms with E-state index in [1.54, 1.807) is 18.6 Å². The zero-order valence-electron chi connectivity index (χ0n) is 18.5. The van der Waals surface area contributed by atoms with Crippen molar-refractivity contribution in [1.82, 2.24) is 29.4 Å². The van der Waals surface area contributed by atoms with Crippen molar-refractivity contribution in [3.05, 3.63) is 78.5 Å². The fourth-order valence-electron chi connectivity index (χ4n) is 4.29. The molecule has 4 heterocycles. The van der Waals surface area contributed by atoms with Crippen LogP contribution >= 0.6 is 0 Å². The Morgan fingerprint density at radius 2 is 1.61 bits per heavy atom. The van der Waals surface area contributed by atoms with Crippen LogP contribution in [-0.4, -0.2) is 61.5 Å². The van der Waals surface area contributed by atoms with E-state index in [0.29, 0.717) is 19.5 Å². The zero-order valence-corrected chi connectivity index (χ0v) is 18.5. The molecule has 1 aromatic carbocycles. The molecule has 168 valence electrons. The van der Waals surface area contributed by atoms with Crippen LogP contribution in [0.15, 0.2) is 67.1 Å². The number of fused-ring (bicyclic) bond motifs is 1. The van der Waals surface area contributed by atoms with E-state index in [4.69, 9.17) is 4.98 Å². The number of aromatic nitrogens is 5. The first-order valence-corrected chi connectivity index (χ1v) is 11.4. The van der Waals surface area contributed by atoms with Gasteiger partial charge in [-0.15, -0.1) is 0 Å². The number of imidazole rings is 1. The van der Waals surface area contributed by atoms with E-state index in [2.05, 4.69) is 36.6 Å². The second kappa shape index (κ2) is 9.77. The molecule has 5 rings (SSSR count). The number of nitrogens with zero attached hydrogens (tertiary/aromatic N) is 7. The highest BCUT2D eigenvalue weighted by Crippen LogP contribution is 2.18. The molecule has 0 bridgehead atoms. The number of hydrogen-bond donors (Lipinski definition) is 0. The fourth-order valence-corrected chi connectivity index (χ4v) is 4.29. The molecule has 33 heavy (non-hydrogen) atoms. The van der Waals surface area contributed by atoms with Crippen molar-refractivity contribution in [3.8, 4) is 0 Å². The lowest BCUT2D eigenvalue weighted by molar-refractivity contribution is -0.131. The number of anilines is 1. The minimum absolute atomic E-state index is 0.201. The first-order chi connectivity index (χ1) is 16.3. The molecule has 0 saturated carbocycles. The number of rotatable bonds is 7. The average Bonchev–Trinajstić information content (AvgIpc) is 3.22. The smallest absolute Gasteiger partial charge is 0.225 e. The molecule has 0 radical (unpaired) electrons. The molecule has 4 aromatic rings. The summed E-state index contributed by atoms with van der Waals surface area (Å²) >= 11 is 0. The number of pyridine rings is 1. The Balaban J connectivity index is 1.19. The number of carbonyl (C=O) groups excluding carboxylic acids is 1. The van der Waals surface area contributed by atoms with Crippen molar-refractivity contribution in [2.45, 2.75) is 25.8 Å². The maximum Gasteiger partial charge on any atom is 0.225 e. The lowest BCUT2D eigenvalue weighted by Gasteiger charge is -2.34. The van der Waals surface area contributed by atoms with E-state index in [1.165, 1.54) is 5.56 Å². The maximum absolute atomic E-state index is 12.8. The monoisotopic (exact) mass is 441 g/mol. The summed E-state index contributed by atoms with van der Waals surface area (Å²) in [4.78, 5) is 34.9. The number of aryl methyl sites for hydroxylation is 1. The molecular weight excluding hydrogens is 414 g/mol. The molecule has 1 amide bonds. The van der Waals surface area contributed by atoms with E-state index in [1.807, 2.05) is 41.3 Å². The van der Waals surface area contributed by atoms with Crippen molar-refractivity contribution >= 4 is 23.0 Å². The summed E-state index contributed by atoms with van der Waals surface area (Å²) in [6.45, 7) is 3.64. The zero-order chi connectivity index (χ0) is 22.5. The van der Waals surface area contributed by atoms with Gasteiger partial charge in [-0.2, -0.15) is 0 Å². The highest BCUT2D eigenvalue weighted by atomic mass is 16.2. The summed E-state index contributed by atoms with van der Waals surface area (Å²) in [5, 5.41) is 0. The molecule has 1 fully saturated rings. The quantitative estimate of drug-likeness (QED) is 0.439. The molecule has 8 nitrogen and oxygen atoms in total. The number of hydrogen-bond acceptors (Lipinski definition) is 6. The third-order valence-electron chi connectivity index (χ3n) is 6.02. The standard InChI is InChI=1S/C25H27N7O/c33-23(30-15-17-31(18-16-30)25-27-13-6-14-28-25)11-4-10-22-29-21-9-5-12-26-24(21)32(22)19-20-7-2-1-3-8-20/h1-3,5-9,12-14H,4,10-11,15-19H2. The second-order valence-corrected chi connectivity index (χ2v) is 8.22. The van der Waals surface area contributed by atoms with Gasteiger partial charge in [0.05, 0.1) is 6.54 Å². The molecule has 3 aromatic heterocycles. The summed E-state index contributed by atoms with van der Waals surface area (Å²) in [6, 6.07) is 16.1. The van der Waals surface area contributed by atoms with Gasteiger partial charge >= 0.3 is 0 Å². The first kappa shape index (κ1) is 21.1. The van der Waals surface area contributed by atoms with Crippen LogP contribution in [0.3, 0.4) is 0 Å². The third kappa shape index (κ3) is 4.84. The minimum atomic E-state index is 0.201. The van der Waals surface area contributed by atoms with Crippen molar-refractivity contribution in [1.29, 1.82) is 0 Å². The highest BCUT2D eigenvalue weighted by Gasteiger charge is 2.22. The van der Waals surface area contributed by atoms with E-state index in [0.717, 1.165) is 55.4 Å². The van der Waals surface area contributed by atoms with E-state index < -0.39 is 0 Å². The SMILES string of the molecule is O=C(CCCc1nc2cccnc2n1Cc1ccccc1)N1CCN(c2ncccn2)CC1. The van der Waals surface area contributed by atoms with Gasteiger partial charge in [-0.1, -0.05) is 30.3 Å². The van der Waals surface area contributed by atoms with Gasteiger partial charge in [0.1, 0.15) is 11.3 Å². The Bertz CT molecular complexity index is 1200. The van der Waals surface area contributed by atoms with E-state index in [9.17, 15) is 4.79 Å². The fraction of sp³-hybridized carbons (Fsp3) is 0.320. The number of carbonyl (C=O) groups is 1. The van der Waals surface area contributed by atoms with Crippen LogP contribution in [-0.2, 0) is 17.8 Å². The molecule has 0 N–H and O–H groups in total. The van der Waals surface area contributed by atoms with Gasteiger partial charge < -0.3 is 14.4 Å². The Morgan fingerprint density at radius 3 is 2.39 bits per heavy atom. The molecule has 0 spiro atoms. The van der Waals surface area contributed by atoms with Crippen molar-refractivity contribution in [2.24, 2.45) is 0 Å². The molecule has 1 aliphatic rings. The Labute approximate surface area is 192 Å². The average molecular weight is 442 g/mol. The molecule has 0 unspecified atom stereocenters. The topological polar surface area (TPSA) is 80.0 Å². The Morgan fingerprint density at radius 1 is 0.848 bits per heavy atom. The van der Waals surface area contributed by atoms with Gasteiger partial charge in [0.15, 0.2) is 5.65 Å². The summed E-state index contributed by atoms with van der Waals surface area (Å²) in [5.41, 5.74) is 3.00. The summed E-state index contributed by atoms with van der Waals surface area (Å²) in [6.07, 6.45) is 7.33. The minimum Gasteiger partial charge on any atom is -0.339 e. The van der Waals surface area contributed by atoms with Crippen LogP contribution in [0, 0.1) is 0 Å². The van der Waals surface area contributed by atoms with Gasteiger partial charge in [0.25, 0.3) is 0 Å². The predicted octanol–water partition coefficient (Wildman–Crippen LogP) is 2.94. The van der Waals surface area contributed by atoms with Crippen LogP contribution in [0.1, 0.15) is 24.2 Å². The predicted molar refractivity (Wildman–Crippen MR) is 127 cm³/mol. The highest BCUT2D eigenvalue weighted by molar-refractivity contribution is 5.76.